The van der Waals surface area contributed by atoms with E-state index in [0.717, 1.165) is 25.7 Å². The van der Waals surface area contributed by atoms with Gasteiger partial charge in [-0.3, -0.25) is 4.79 Å². The molecular formula is C15H26BrNO3. The number of amides is 1. The van der Waals surface area contributed by atoms with Gasteiger partial charge in [-0.05, 0) is 52.4 Å². The molecule has 4 nitrogen and oxygen atoms in total. The van der Waals surface area contributed by atoms with Crippen LogP contribution in [0, 0.1) is 11.3 Å². The normalized spacial score (nSPS) is 26.9. The Balaban J connectivity index is 2.63. The van der Waals surface area contributed by atoms with Crippen LogP contribution < -0.4 is 5.32 Å². The summed E-state index contributed by atoms with van der Waals surface area (Å²) < 4.78 is 5.24. The highest BCUT2D eigenvalue weighted by Gasteiger charge is 2.40. The summed E-state index contributed by atoms with van der Waals surface area (Å²) in [6, 6.07) is 0. The molecule has 0 radical (unpaired) electrons. The van der Waals surface area contributed by atoms with Crippen molar-refractivity contribution >= 4 is 27.8 Å². The van der Waals surface area contributed by atoms with Crippen molar-refractivity contribution in [1.82, 2.24) is 5.32 Å². The Kier molecular flexibility index (Phi) is 6.05. The number of hydrogen-bond acceptors (Lipinski definition) is 3. The van der Waals surface area contributed by atoms with Gasteiger partial charge in [-0.25, -0.2) is 4.79 Å². The first-order valence-corrected chi connectivity index (χ1v) is 8.37. The molecule has 0 aliphatic heterocycles. The summed E-state index contributed by atoms with van der Waals surface area (Å²) in [7, 11) is 0. The largest absolute Gasteiger partial charge is 0.444 e. The topological polar surface area (TPSA) is 55.4 Å². The highest BCUT2D eigenvalue weighted by molar-refractivity contribution is 9.09. The second-order valence-corrected chi connectivity index (χ2v) is 7.44. The maximum absolute atomic E-state index is 12.3. The van der Waals surface area contributed by atoms with Crippen molar-refractivity contribution in [3.63, 3.8) is 0 Å². The van der Waals surface area contributed by atoms with E-state index in [1.165, 1.54) is 0 Å². The quantitative estimate of drug-likeness (QED) is 0.789. The lowest BCUT2D eigenvalue weighted by Crippen LogP contribution is -2.46. The van der Waals surface area contributed by atoms with E-state index in [9.17, 15) is 9.59 Å². The highest BCUT2D eigenvalue weighted by Crippen LogP contribution is 2.39. The minimum Gasteiger partial charge on any atom is -0.444 e. The average Bonchev–Trinajstić information content (AvgIpc) is 2.35. The summed E-state index contributed by atoms with van der Waals surface area (Å²) in [5, 5.41) is 3.12. The third-order valence-electron chi connectivity index (χ3n) is 3.91. The number of carbonyl (C=O) groups excluding carboxylic acids is 2. The zero-order valence-electron chi connectivity index (χ0n) is 12.9. The van der Waals surface area contributed by atoms with Gasteiger partial charge in [0, 0.05) is 12.0 Å². The van der Waals surface area contributed by atoms with Crippen LogP contribution in [0.15, 0.2) is 0 Å². The molecule has 0 unspecified atom stereocenters. The number of alkyl carbamates (subject to hydrolysis) is 1. The second-order valence-electron chi connectivity index (χ2n) is 6.88. The number of alkyl halides is 1. The van der Waals surface area contributed by atoms with E-state index in [2.05, 4.69) is 28.2 Å². The Bertz CT molecular complexity index is 355. The molecule has 116 valence electrons. The van der Waals surface area contributed by atoms with E-state index in [1.54, 1.807) is 0 Å². The van der Waals surface area contributed by atoms with Gasteiger partial charge in [-0.15, -0.1) is 0 Å². The van der Waals surface area contributed by atoms with E-state index in [-0.39, 0.29) is 5.78 Å². The van der Waals surface area contributed by atoms with Crippen LogP contribution in [0.2, 0.25) is 0 Å². The molecule has 1 rings (SSSR count). The van der Waals surface area contributed by atoms with Crippen LogP contribution in [-0.2, 0) is 9.53 Å². The van der Waals surface area contributed by atoms with Crippen molar-refractivity contribution in [3.8, 4) is 0 Å². The van der Waals surface area contributed by atoms with Gasteiger partial charge < -0.3 is 10.1 Å². The number of carbonyl (C=O) groups is 2. The Hall–Kier alpha value is -0.580. The van der Waals surface area contributed by atoms with Crippen molar-refractivity contribution in [1.29, 1.82) is 0 Å². The van der Waals surface area contributed by atoms with Crippen LogP contribution in [0.25, 0.3) is 0 Å². The average molecular weight is 348 g/mol. The molecule has 1 N–H and O–H groups in total. The summed E-state index contributed by atoms with van der Waals surface area (Å²) in [4.78, 5) is 24.0. The van der Waals surface area contributed by atoms with E-state index >= 15 is 0 Å². The highest BCUT2D eigenvalue weighted by atomic mass is 79.9. The van der Waals surface area contributed by atoms with Gasteiger partial charge in [0.1, 0.15) is 5.60 Å². The molecule has 20 heavy (non-hydrogen) atoms. The predicted octanol–water partition coefficient (Wildman–Crippen LogP) is 3.67. The molecule has 5 heteroatoms. The monoisotopic (exact) mass is 347 g/mol. The predicted molar refractivity (Wildman–Crippen MR) is 83.1 cm³/mol. The van der Waals surface area contributed by atoms with Crippen molar-refractivity contribution in [2.75, 3.05) is 11.9 Å². The van der Waals surface area contributed by atoms with Crippen molar-refractivity contribution < 1.29 is 14.3 Å². The van der Waals surface area contributed by atoms with E-state index in [4.69, 9.17) is 4.74 Å². The van der Waals surface area contributed by atoms with Crippen LogP contribution in [0.1, 0.15) is 53.4 Å². The molecule has 0 aromatic carbocycles. The summed E-state index contributed by atoms with van der Waals surface area (Å²) in [6.45, 7) is 8.07. The number of nitrogens with one attached hydrogen (secondary N) is 1. The lowest BCUT2D eigenvalue weighted by atomic mass is 9.68. The standard InChI is InChI=1S/C15H26BrNO3/c1-11-5-7-15(8-6-11,12(18)9-16)10-17-13(19)20-14(2,3)4/h11H,5-10H2,1-4H3,(H,17,19). The van der Waals surface area contributed by atoms with Gasteiger partial charge in [-0.1, -0.05) is 22.9 Å². The van der Waals surface area contributed by atoms with Crippen LogP contribution in [0.3, 0.4) is 0 Å². The summed E-state index contributed by atoms with van der Waals surface area (Å²) in [5.41, 5.74) is -0.940. The first-order valence-electron chi connectivity index (χ1n) is 7.25. The molecule has 0 aromatic rings. The van der Waals surface area contributed by atoms with E-state index in [0.29, 0.717) is 17.8 Å². The van der Waals surface area contributed by atoms with Gasteiger partial charge in [0.15, 0.2) is 5.78 Å². The fourth-order valence-electron chi connectivity index (χ4n) is 2.57. The first kappa shape index (κ1) is 17.5. The third kappa shape index (κ3) is 5.08. The minimum atomic E-state index is -0.516. The molecule has 0 aromatic heterocycles. The molecule has 1 fully saturated rings. The summed E-state index contributed by atoms with van der Waals surface area (Å²) >= 11 is 3.26. The second kappa shape index (κ2) is 6.92. The van der Waals surface area contributed by atoms with Crippen LogP contribution in [-0.4, -0.2) is 29.4 Å². The van der Waals surface area contributed by atoms with E-state index in [1.807, 2.05) is 20.8 Å². The SMILES string of the molecule is CC1CCC(CNC(=O)OC(C)(C)C)(C(=O)CBr)CC1. The van der Waals surface area contributed by atoms with Crippen molar-refractivity contribution in [2.45, 2.75) is 59.0 Å². The molecule has 1 saturated carbocycles. The third-order valence-corrected chi connectivity index (χ3v) is 4.42. The van der Waals surface area contributed by atoms with Gasteiger partial charge in [0.2, 0.25) is 0 Å². The lowest BCUT2D eigenvalue weighted by Gasteiger charge is -2.38. The molecular weight excluding hydrogens is 322 g/mol. The number of rotatable bonds is 4. The number of hydrogen-bond donors (Lipinski definition) is 1. The fraction of sp³-hybridized carbons (Fsp3) is 0.867. The molecule has 0 bridgehead atoms. The Morgan fingerprint density at radius 2 is 1.85 bits per heavy atom. The number of halogens is 1. The molecule has 1 aliphatic carbocycles. The lowest BCUT2D eigenvalue weighted by molar-refractivity contribution is -0.128. The maximum Gasteiger partial charge on any atom is 0.407 e. The van der Waals surface area contributed by atoms with E-state index < -0.39 is 17.1 Å². The molecule has 1 amide bonds. The van der Waals surface area contributed by atoms with Gasteiger partial charge in [0.05, 0.1) is 5.33 Å². The van der Waals surface area contributed by atoms with Gasteiger partial charge >= 0.3 is 6.09 Å². The fourth-order valence-corrected chi connectivity index (χ4v) is 3.16. The summed E-state index contributed by atoms with van der Waals surface area (Å²) in [5.74, 6) is 0.841. The Morgan fingerprint density at radius 3 is 2.30 bits per heavy atom. The Labute approximate surface area is 130 Å². The van der Waals surface area contributed by atoms with Crippen LogP contribution in [0.4, 0.5) is 4.79 Å². The zero-order valence-corrected chi connectivity index (χ0v) is 14.5. The maximum atomic E-state index is 12.3. The molecule has 0 saturated heterocycles. The van der Waals surface area contributed by atoms with Crippen molar-refractivity contribution in [3.05, 3.63) is 0 Å². The first-order chi connectivity index (χ1) is 9.18. The minimum absolute atomic E-state index is 0.181. The van der Waals surface area contributed by atoms with Gasteiger partial charge in [0.25, 0.3) is 0 Å². The zero-order chi connectivity index (χ0) is 15.4. The summed E-state index contributed by atoms with van der Waals surface area (Å²) in [6.07, 6.45) is 3.31. The van der Waals surface area contributed by atoms with Crippen molar-refractivity contribution in [2.24, 2.45) is 11.3 Å². The van der Waals surface area contributed by atoms with Crippen LogP contribution >= 0.6 is 15.9 Å². The number of ketones is 1. The molecule has 0 atom stereocenters. The van der Waals surface area contributed by atoms with Crippen LogP contribution in [0.5, 0.6) is 0 Å². The number of ether oxygens (including phenoxy) is 1. The molecule has 1 aliphatic rings. The Morgan fingerprint density at radius 1 is 1.30 bits per heavy atom. The smallest absolute Gasteiger partial charge is 0.407 e. The van der Waals surface area contributed by atoms with Gasteiger partial charge in [-0.2, -0.15) is 0 Å². The molecule has 0 spiro atoms. The molecule has 0 heterocycles. The number of Topliss-reactive ketones (excluding diaryl/α,β-unsaturated/α-hetero) is 1.